The van der Waals surface area contributed by atoms with E-state index in [1.165, 1.54) is 0 Å². The van der Waals surface area contributed by atoms with Crippen LogP contribution in [-0.4, -0.2) is 23.2 Å². The Bertz CT molecular complexity index is 479. The SMILES string of the molecule is Cc1c(N)cc(Br)cc1C(=O)NC1(CO)CCC1. The van der Waals surface area contributed by atoms with Crippen molar-refractivity contribution in [2.75, 3.05) is 12.3 Å². The lowest BCUT2D eigenvalue weighted by Gasteiger charge is -2.41. The first-order valence-electron chi connectivity index (χ1n) is 5.96. The van der Waals surface area contributed by atoms with E-state index in [2.05, 4.69) is 21.2 Å². The van der Waals surface area contributed by atoms with Crippen molar-refractivity contribution < 1.29 is 9.90 Å². The lowest BCUT2D eigenvalue weighted by Crippen LogP contribution is -2.56. The second-order valence-electron chi connectivity index (χ2n) is 4.91. The van der Waals surface area contributed by atoms with E-state index in [0.29, 0.717) is 11.3 Å². The second kappa shape index (κ2) is 4.90. The van der Waals surface area contributed by atoms with Gasteiger partial charge in [0.25, 0.3) is 5.91 Å². The predicted octanol–water partition coefficient (Wildman–Crippen LogP) is 1.98. The van der Waals surface area contributed by atoms with Crippen LogP contribution in [-0.2, 0) is 0 Å². The molecule has 0 aromatic heterocycles. The second-order valence-corrected chi connectivity index (χ2v) is 5.83. The maximum Gasteiger partial charge on any atom is 0.252 e. The summed E-state index contributed by atoms with van der Waals surface area (Å²) in [6.07, 6.45) is 2.70. The highest BCUT2D eigenvalue weighted by Gasteiger charge is 2.38. The molecule has 0 radical (unpaired) electrons. The van der Waals surface area contributed by atoms with Crippen molar-refractivity contribution in [3.05, 3.63) is 27.7 Å². The summed E-state index contributed by atoms with van der Waals surface area (Å²) < 4.78 is 0.780. The van der Waals surface area contributed by atoms with Crippen molar-refractivity contribution in [1.82, 2.24) is 5.32 Å². The molecule has 0 bridgehead atoms. The number of carbonyl (C=O) groups is 1. The largest absolute Gasteiger partial charge is 0.398 e. The van der Waals surface area contributed by atoms with Gasteiger partial charge in [0.05, 0.1) is 12.1 Å². The van der Waals surface area contributed by atoms with Gasteiger partial charge >= 0.3 is 0 Å². The number of aliphatic hydroxyl groups is 1. The molecule has 1 fully saturated rings. The van der Waals surface area contributed by atoms with E-state index in [9.17, 15) is 9.90 Å². The number of anilines is 1. The van der Waals surface area contributed by atoms with Crippen LogP contribution in [0.5, 0.6) is 0 Å². The van der Waals surface area contributed by atoms with Crippen LogP contribution in [0.15, 0.2) is 16.6 Å². The maximum atomic E-state index is 12.2. The van der Waals surface area contributed by atoms with Crippen molar-refractivity contribution in [2.45, 2.75) is 31.7 Å². The van der Waals surface area contributed by atoms with Crippen LogP contribution in [0.3, 0.4) is 0 Å². The first-order valence-corrected chi connectivity index (χ1v) is 6.76. The monoisotopic (exact) mass is 312 g/mol. The average molecular weight is 313 g/mol. The molecule has 98 valence electrons. The molecule has 2 rings (SSSR count). The van der Waals surface area contributed by atoms with Gasteiger partial charge in [-0.2, -0.15) is 0 Å². The fourth-order valence-corrected chi connectivity index (χ4v) is 2.65. The van der Waals surface area contributed by atoms with E-state index in [4.69, 9.17) is 5.73 Å². The highest BCUT2D eigenvalue weighted by molar-refractivity contribution is 9.10. The predicted molar refractivity (Wildman–Crippen MR) is 74.4 cm³/mol. The van der Waals surface area contributed by atoms with E-state index < -0.39 is 5.54 Å². The van der Waals surface area contributed by atoms with Crippen molar-refractivity contribution in [3.63, 3.8) is 0 Å². The topological polar surface area (TPSA) is 75.4 Å². The molecule has 5 heteroatoms. The quantitative estimate of drug-likeness (QED) is 0.747. The molecule has 1 saturated carbocycles. The van der Waals surface area contributed by atoms with Crippen LogP contribution in [0.2, 0.25) is 0 Å². The number of rotatable bonds is 3. The number of benzene rings is 1. The van der Waals surface area contributed by atoms with Gasteiger partial charge in [-0.05, 0) is 43.9 Å². The molecule has 4 N–H and O–H groups in total. The molecule has 1 aliphatic carbocycles. The molecule has 0 heterocycles. The van der Waals surface area contributed by atoms with Gasteiger partial charge in [-0.3, -0.25) is 4.79 Å². The molecule has 0 unspecified atom stereocenters. The first kappa shape index (κ1) is 13.4. The van der Waals surface area contributed by atoms with Crippen LogP contribution in [0.25, 0.3) is 0 Å². The third-order valence-electron chi connectivity index (χ3n) is 3.65. The fourth-order valence-electron chi connectivity index (χ4n) is 2.17. The van der Waals surface area contributed by atoms with Crippen molar-refractivity contribution in [3.8, 4) is 0 Å². The zero-order chi connectivity index (χ0) is 13.3. The van der Waals surface area contributed by atoms with Crippen molar-refractivity contribution in [1.29, 1.82) is 0 Å². The van der Waals surface area contributed by atoms with E-state index in [1.54, 1.807) is 12.1 Å². The van der Waals surface area contributed by atoms with E-state index >= 15 is 0 Å². The first-order chi connectivity index (χ1) is 8.47. The molecule has 0 atom stereocenters. The van der Waals surface area contributed by atoms with Crippen LogP contribution >= 0.6 is 15.9 Å². The Morgan fingerprint density at radius 2 is 2.22 bits per heavy atom. The molecule has 1 aliphatic rings. The minimum atomic E-state index is -0.430. The Kier molecular flexibility index (Phi) is 3.64. The van der Waals surface area contributed by atoms with Crippen LogP contribution in [0.4, 0.5) is 5.69 Å². The zero-order valence-electron chi connectivity index (χ0n) is 10.3. The molecule has 18 heavy (non-hydrogen) atoms. The van der Waals surface area contributed by atoms with Gasteiger partial charge in [-0.15, -0.1) is 0 Å². The van der Waals surface area contributed by atoms with Gasteiger partial charge in [-0.1, -0.05) is 15.9 Å². The lowest BCUT2D eigenvalue weighted by molar-refractivity contribution is 0.0641. The summed E-state index contributed by atoms with van der Waals surface area (Å²) >= 11 is 3.33. The normalized spacial score (nSPS) is 17.1. The van der Waals surface area contributed by atoms with Crippen LogP contribution in [0, 0.1) is 6.92 Å². The summed E-state index contributed by atoms with van der Waals surface area (Å²) in [6.45, 7) is 1.81. The molecule has 0 aliphatic heterocycles. The number of halogens is 1. The molecule has 1 amide bonds. The third-order valence-corrected chi connectivity index (χ3v) is 4.11. The summed E-state index contributed by atoms with van der Waals surface area (Å²) in [5, 5.41) is 12.3. The fraction of sp³-hybridized carbons (Fsp3) is 0.462. The van der Waals surface area contributed by atoms with Gasteiger partial charge in [0, 0.05) is 15.7 Å². The number of nitrogens with one attached hydrogen (secondary N) is 1. The molecular formula is C13H17BrN2O2. The average Bonchev–Trinajstić information content (AvgIpc) is 2.28. The number of carbonyl (C=O) groups excluding carboxylic acids is 1. The number of amides is 1. The maximum absolute atomic E-state index is 12.2. The Balaban J connectivity index is 2.24. The standard InChI is InChI=1S/C13H17BrN2O2/c1-8-10(5-9(14)6-11(8)15)12(18)16-13(7-17)3-2-4-13/h5-6,17H,2-4,7,15H2,1H3,(H,16,18). The molecule has 0 spiro atoms. The van der Waals surface area contributed by atoms with Crippen molar-refractivity contribution >= 4 is 27.5 Å². The van der Waals surface area contributed by atoms with E-state index in [0.717, 1.165) is 29.3 Å². The highest BCUT2D eigenvalue weighted by atomic mass is 79.9. The summed E-state index contributed by atoms with van der Waals surface area (Å²) in [7, 11) is 0. The number of nitrogens with two attached hydrogens (primary N) is 1. The number of hydrogen-bond acceptors (Lipinski definition) is 3. The van der Waals surface area contributed by atoms with Crippen LogP contribution in [0.1, 0.15) is 35.2 Å². The minimum absolute atomic E-state index is 0.0126. The summed E-state index contributed by atoms with van der Waals surface area (Å²) in [5.41, 5.74) is 7.32. The smallest absolute Gasteiger partial charge is 0.252 e. The Hall–Kier alpha value is -1.07. The van der Waals surface area contributed by atoms with Gasteiger partial charge < -0.3 is 16.2 Å². The van der Waals surface area contributed by atoms with Gasteiger partial charge in [-0.25, -0.2) is 0 Å². The molecular weight excluding hydrogens is 296 g/mol. The van der Waals surface area contributed by atoms with Gasteiger partial charge in [0.15, 0.2) is 0 Å². The molecule has 0 saturated heterocycles. The molecule has 4 nitrogen and oxygen atoms in total. The Labute approximate surface area is 115 Å². The van der Waals surface area contributed by atoms with Crippen LogP contribution < -0.4 is 11.1 Å². The number of aliphatic hydroxyl groups excluding tert-OH is 1. The third kappa shape index (κ3) is 2.37. The Morgan fingerprint density at radius 1 is 1.56 bits per heavy atom. The summed E-state index contributed by atoms with van der Waals surface area (Å²) in [5.74, 6) is -0.172. The Morgan fingerprint density at radius 3 is 2.72 bits per heavy atom. The van der Waals surface area contributed by atoms with Gasteiger partial charge in [0.2, 0.25) is 0 Å². The minimum Gasteiger partial charge on any atom is -0.398 e. The molecule has 1 aromatic rings. The van der Waals surface area contributed by atoms with Crippen molar-refractivity contribution in [2.24, 2.45) is 0 Å². The lowest BCUT2D eigenvalue weighted by atomic mass is 9.77. The van der Waals surface area contributed by atoms with E-state index in [1.807, 2.05) is 6.92 Å². The zero-order valence-corrected chi connectivity index (χ0v) is 11.9. The van der Waals surface area contributed by atoms with Gasteiger partial charge in [0.1, 0.15) is 0 Å². The number of hydrogen-bond donors (Lipinski definition) is 3. The van der Waals surface area contributed by atoms with E-state index in [-0.39, 0.29) is 12.5 Å². The number of nitrogen functional groups attached to an aromatic ring is 1. The molecule has 1 aromatic carbocycles. The summed E-state index contributed by atoms with van der Waals surface area (Å²) in [6, 6.07) is 3.53. The highest BCUT2D eigenvalue weighted by Crippen LogP contribution is 2.32. The summed E-state index contributed by atoms with van der Waals surface area (Å²) in [4.78, 5) is 12.2.